The molecule has 0 unspecified atom stereocenters. The summed E-state index contributed by atoms with van der Waals surface area (Å²) in [6, 6.07) is 11.5. The summed E-state index contributed by atoms with van der Waals surface area (Å²) >= 11 is 0. The van der Waals surface area contributed by atoms with Gasteiger partial charge in [0.25, 0.3) is 5.91 Å². The van der Waals surface area contributed by atoms with Crippen LogP contribution < -0.4 is 5.32 Å². The van der Waals surface area contributed by atoms with Gasteiger partial charge in [-0.2, -0.15) is 5.26 Å². The summed E-state index contributed by atoms with van der Waals surface area (Å²) in [4.78, 5) is 23.3. The Morgan fingerprint density at radius 1 is 1.32 bits per heavy atom. The average molecular weight is 338 g/mol. The highest BCUT2D eigenvalue weighted by Crippen LogP contribution is 2.26. The molecule has 0 spiro atoms. The van der Waals surface area contributed by atoms with Gasteiger partial charge in [0, 0.05) is 17.7 Å². The van der Waals surface area contributed by atoms with Crippen LogP contribution in [0.1, 0.15) is 36.4 Å². The van der Waals surface area contributed by atoms with Gasteiger partial charge in [-0.1, -0.05) is 25.1 Å². The predicted molar refractivity (Wildman–Crippen MR) is 92.6 cm³/mol. The summed E-state index contributed by atoms with van der Waals surface area (Å²) in [5, 5.41) is 21.1. The highest BCUT2D eigenvalue weighted by molar-refractivity contribution is 6.01. The van der Waals surface area contributed by atoms with E-state index in [4.69, 9.17) is 4.42 Å². The Kier molecular flexibility index (Phi) is 5.75. The molecule has 0 fully saturated rings. The number of carbonyl (C=O) groups is 2. The molecule has 6 nitrogen and oxygen atoms in total. The molecule has 1 atom stereocenters. The maximum Gasteiger partial charge on any atom is 0.336 e. The van der Waals surface area contributed by atoms with Crippen LogP contribution in [0.5, 0.6) is 0 Å². The molecule has 2 aromatic rings. The summed E-state index contributed by atoms with van der Waals surface area (Å²) in [5.74, 6) is -0.884. The van der Waals surface area contributed by atoms with Gasteiger partial charge in [-0.25, -0.2) is 4.79 Å². The number of nitriles is 1. The topological polar surface area (TPSA) is 103 Å². The Bertz CT molecular complexity index is 858. The van der Waals surface area contributed by atoms with Crippen LogP contribution in [-0.2, 0) is 4.79 Å². The lowest BCUT2D eigenvalue weighted by Crippen LogP contribution is -2.32. The second-order valence-electron chi connectivity index (χ2n) is 5.51. The smallest absolute Gasteiger partial charge is 0.336 e. The molecule has 0 saturated carbocycles. The first-order valence-electron chi connectivity index (χ1n) is 7.81. The van der Waals surface area contributed by atoms with Crippen molar-refractivity contribution in [1.82, 2.24) is 5.32 Å². The van der Waals surface area contributed by atoms with E-state index in [2.05, 4.69) is 5.32 Å². The number of hydrogen-bond acceptors (Lipinski definition) is 4. The molecule has 0 aliphatic carbocycles. The van der Waals surface area contributed by atoms with E-state index < -0.39 is 11.9 Å². The first-order chi connectivity index (χ1) is 12.0. The summed E-state index contributed by atoms with van der Waals surface area (Å²) in [6.07, 6.45) is 2.09. The predicted octanol–water partition coefficient (Wildman–Crippen LogP) is 3.47. The summed E-state index contributed by atoms with van der Waals surface area (Å²) in [6.45, 7) is 3.78. The molecule has 25 heavy (non-hydrogen) atoms. The molecule has 0 aliphatic heterocycles. The fraction of sp³-hybridized carbons (Fsp3) is 0.211. The Morgan fingerprint density at radius 2 is 2.04 bits per heavy atom. The Labute approximate surface area is 145 Å². The maximum atomic E-state index is 12.0. The largest absolute Gasteiger partial charge is 0.478 e. The summed E-state index contributed by atoms with van der Waals surface area (Å²) in [7, 11) is 0. The van der Waals surface area contributed by atoms with Gasteiger partial charge in [0.05, 0.1) is 5.56 Å². The van der Waals surface area contributed by atoms with E-state index >= 15 is 0 Å². The van der Waals surface area contributed by atoms with Crippen molar-refractivity contribution in [3.05, 3.63) is 53.3 Å². The van der Waals surface area contributed by atoms with Crippen LogP contribution in [0.25, 0.3) is 17.4 Å². The molecular formula is C19H18N2O4. The molecule has 2 rings (SSSR count). The lowest BCUT2D eigenvalue weighted by molar-refractivity contribution is -0.117. The number of carboxylic acids is 1. The number of nitrogens with zero attached hydrogens (tertiary/aromatic N) is 1. The SMILES string of the molecule is CC[C@H](C)NC(=O)/C(C#N)=C/c1ccc(-c2ccccc2C(=O)O)o1. The van der Waals surface area contributed by atoms with E-state index in [1.54, 1.807) is 30.3 Å². The number of rotatable bonds is 6. The minimum atomic E-state index is -1.06. The fourth-order valence-corrected chi connectivity index (χ4v) is 2.15. The van der Waals surface area contributed by atoms with Gasteiger partial charge in [0.2, 0.25) is 0 Å². The second kappa shape index (κ2) is 7.97. The zero-order valence-electron chi connectivity index (χ0n) is 13.9. The minimum absolute atomic E-state index is 0.0427. The molecule has 1 heterocycles. The Morgan fingerprint density at radius 3 is 2.68 bits per heavy atom. The number of hydrogen-bond donors (Lipinski definition) is 2. The molecule has 0 bridgehead atoms. The van der Waals surface area contributed by atoms with Crippen LogP contribution in [0.3, 0.4) is 0 Å². The van der Waals surface area contributed by atoms with Gasteiger partial charge >= 0.3 is 5.97 Å². The second-order valence-corrected chi connectivity index (χ2v) is 5.51. The van der Waals surface area contributed by atoms with Gasteiger partial charge in [0.1, 0.15) is 23.2 Å². The van der Waals surface area contributed by atoms with Crippen LogP contribution in [0.2, 0.25) is 0 Å². The zero-order chi connectivity index (χ0) is 18.4. The van der Waals surface area contributed by atoms with Gasteiger partial charge in [-0.15, -0.1) is 0 Å². The molecule has 1 amide bonds. The van der Waals surface area contributed by atoms with E-state index in [9.17, 15) is 20.0 Å². The number of furan rings is 1. The number of carbonyl (C=O) groups excluding carboxylic acids is 1. The maximum absolute atomic E-state index is 12.0. The van der Waals surface area contributed by atoms with E-state index in [-0.39, 0.29) is 17.2 Å². The standard InChI is InChI=1S/C19H18N2O4/c1-3-12(2)21-18(22)13(11-20)10-14-8-9-17(25-14)15-6-4-5-7-16(15)19(23)24/h4-10,12H,3H2,1-2H3,(H,21,22)(H,23,24)/b13-10+/t12-/m0/s1. The first-order valence-corrected chi connectivity index (χ1v) is 7.81. The third-order valence-electron chi connectivity index (χ3n) is 3.69. The van der Waals surface area contributed by atoms with Gasteiger partial charge in [0.15, 0.2) is 0 Å². The van der Waals surface area contributed by atoms with E-state index in [1.807, 2.05) is 19.9 Å². The van der Waals surface area contributed by atoms with Gasteiger partial charge < -0.3 is 14.8 Å². The number of amides is 1. The van der Waals surface area contributed by atoms with Crippen LogP contribution in [-0.4, -0.2) is 23.0 Å². The minimum Gasteiger partial charge on any atom is -0.478 e. The van der Waals surface area contributed by atoms with Crippen LogP contribution >= 0.6 is 0 Å². The highest BCUT2D eigenvalue weighted by atomic mass is 16.4. The molecule has 128 valence electrons. The number of carboxylic acid groups (broad SMARTS) is 1. The van der Waals surface area contributed by atoms with E-state index in [1.165, 1.54) is 12.1 Å². The third-order valence-corrected chi connectivity index (χ3v) is 3.69. The van der Waals surface area contributed by atoms with Crippen molar-refractivity contribution in [2.75, 3.05) is 0 Å². The van der Waals surface area contributed by atoms with Crippen molar-refractivity contribution in [3.63, 3.8) is 0 Å². The van der Waals surface area contributed by atoms with Crippen molar-refractivity contribution in [2.45, 2.75) is 26.3 Å². The van der Waals surface area contributed by atoms with Crippen molar-refractivity contribution < 1.29 is 19.1 Å². The first kappa shape index (κ1) is 18.0. The Balaban J connectivity index is 2.31. The lowest BCUT2D eigenvalue weighted by Gasteiger charge is -2.10. The third kappa shape index (κ3) is 4.36. The molecule has 0 radical (unpaired) electrons. The molecule has 1 aromatic heterocycles. The molecule has 0 aliphatic rings. The van der Waals surface area contributed by atoms with Crippen LogP contribution in [0, 0.1) is 11.3 Å². The van der Waals surface area contributed by atoms with Crippen molar-refractivity contribution in [2.24, 2.45) is 0 Å². The zero-order valence-corrected chi connectivity index (χ0v) is 13.9. The lowest BCUT2D eigenvalue weighted by atomic mass is 10.1. The molecule has 0 saturated heterocycles. The van der Waals surface area contributed by atoms with E-state index in [0.717, 1.165) is 6.42 Å². The van der Waals surface area contributed by atoms with Crippen LogP contribution in [0.15, 0.2) is 46.4 Å². The normalized spacial score (nSPS) is 12.3. The molecule has 2 N–H and O–H groups in total. The monoisotopic (exact) mass is 338 g/mol. The number of nitrogens with one attached hydrogen (secondary N) is 1. The number of aromatic carboxylic acids is 1. The number of benzene rings is 1. The van der Waals surface area contributed by atoms with Crippen molar-refractivity contribution >= 4 is 18.0 Å². The summed E-state index contributed by atoms with van der Waals surface area (Å²) in [5.41, 5.74) is 0.465. The van der Waals surface area contributed by atoms with Crippen molar-refractivity contribution in [1.29, 1.82) is 5.26 Å². The fourth-order valence-electron chi connectivity index (χ4n) is 2.15. The van der Waals surface area contributed by atoms with Crippen molar-refractivity contribution in [3.8, 4) is 17.4 Å². The quantitative estimate of drug-likeness (QED) is 0.620. The summed E-state index contributed by atoms with van der Waals surface area (Å²) < 4.78 is 5.60. The highest BCUT2D eigenvalue weighted by Gasteiger charge is 2.15. The van der Waals surface area contributed by atoms with Gasteiger partial charge in [-0.3, -0.25) is 4.79 Å². The molecule has 1 aromatic carbocycles. The van der Waals surface area contributed by atoms with E-state index in [0.29, 0.717) is 17.1 Å². The molecular weight excluding hydrogens is 320 g/mol. The average Bonchev–Trinajstić information content (AvgIpc) is 3.07. The van der Waals surface area contributed by atoms with Gasteiger partial charge in [-0.05, 0) is 31.5 Å². The molecule has 6 heteroatoms. The Hall–Kier alpha value is -3.33. The van der Waals surface area contributed by atoms with Crippen LogP contribution in [0.4, 0.5) is 0 Å².